The third kappa shape index (κ3) is 3.77. The highest BCUT2D eigenvalue weighted by atomic mass is 79.9. The van der Waals surface area contributed by atoms with Crippen LogP contribution in [-0.2, 0) is 0 Å². The molecule has 1 atom stereocenters. The molecule has 2 rings (SSSR count). The van der Waals surface area contributed by atoms with Crippen molar-refractivity contribution in [3.63, 3.8) is 0 Å². The van der Waals surface area contributed by atoms with E-state index in [1.165, 1.54) is 0 Å². The molecule has 0 radical (unpaired) electrons. The summed E-state index contributed by atoms with van der Waals surface area (Å²) in [5.74, 6) is 1.64. The molecule has 1 unspecified atom stereocenters. The molecule has 21 heavy (non-hydrogen) atoms. The van der Waals surface area contributed by atoms with E-state index in [1.807, 2.05) is 42.5 Å². The highest BCUT2D eigenvalue weighted by Crippen LogP contribution is 2.32. The van der Waals surface area contributed by atoms with E-state index in [9.17, 15) is 0 Å². The van der Waals surface area contributed by atoms with E-state index < -0.39 is 0 Å². The number of para-hydroxylation sites is 1. The average molecular weight is 350 g/mol. The van der Waals surface area contributed by atoms with E-state index in [4.69, 9.17) is 15.2 Å². The van der Waals surface area contributed by atoms with Crippen LogP contribution in [0.2, 0.25) is 0 Å². The zero-order valence-corrected chi connectivity index (χ0v) is 13.9. The Morgan fingerprint density at radius 2 is 1.90 bits per heavy atom. The maximum atomic E-state index is 6.41. The Balaban J connectivity index is 2.31. The predicted molar refractivity (Wildman–Crippen MR) is 89.0 cm³/mol. The van der Waals surface area contributed by atoms with Gasteiger partial charge in [-0.25, -0.2) is 0 Å². The maximum Gasteiger partial charge on any atom is 0.133 e. The van der Waals surface area contributed by atoms with Crippen LogP contribution in [0.25, 0.3) is 0 Å². The molecule has 0 aliphatic heterocycles. The van der Waals surface area contributed by atoms with Gasteiger partial charge in [0.1, 0.15) is 11.5 Å². The summed E-state index contributed by atoms with van der Waals surface area (Å²) < 4.78 is 11.9. The van der Waals surface area contributed by atoms with Crippen LogP contribution >= 0.6 is 15.9 Å². The minimum absolute atomic E-state index is 0.236. The molecule has 0 heterocycles. The molecule has 3 nitrogen and oxygen atoms in total. The summed E-state index contributed by atoms with van der Waals surface area (Å²) in [6.45, 7) is 2.78. The molecular formula is C17H20BrNO2. The molecule has 0 aliphatic carbocycles. The molecule has 2 N–H and O–H groups in total. The summed E-state index contributed by atoms with van der Waals surface area (Å²) in [5, 5.41) is 0. The van der Waals surface area contributed by atoms with Crippen molar-refractivity contribution in [3.05, 3.63) is 58.1 Å². The molecule has 0 aliphatic rings. The number of hydrogen-bond donors (Lipinski definition) is 1. The zero-order valence-electron chi connectivity index (χ0n) is 12.3. The van der Waals surface area contributed by atoms with Crippen molar-refractivity contribution >= 4 is 15.9 Å². The SMILES string of the molecule is CCCOc1ccccc1C(N)c1ccc(OC)c(Br)c1. The lowest BCUT2D eigenvalue weighted by Gasteiger charge is -2.18. The van der Waals surface area contributed by atoms with Crippen molar-refractivity contribution in [2.24, 2.45) is 5.73 Å². The van der Waals surface area contributed by atoms with Crippen LogP contribution in [-0.4, -0.2) is 13.7 Å². The minimum Gasteiger partial charge on any atom is -0.496 e. The summed E-state index contributed by atoms with van der Waals surface area (Å²) >= 11 is 3.50. The van der Waals surface area contributed by atoms with Gasteiger partial charge in [0.15, 0.2) is 0 Å². The van der Waals surface area contributed by atoms with Gasteiger partial charge in [-0.1, -0.05) is 31.2 Å². The molecule has 0 spiro atoms. The van der Waals surface area contributed by atoms with Crippen LogP contribution in [0.5, 0.6) is 11.5 Å². The van der Waals surface area contributed by atoms with Gasteiger partial charge in [-0.05, 0) is 46.1 Å². The van der Waals surface area contributed by atoms with Crippen LogP contribution < -0.4 is 15.2 Å². The first-order chi connectivity index (χ1) is 10.2. The Hall–Kier alpha value is -1.52. The van der Waals surface area contributed by atoms with Gasteiger partial charge >= 0.3 is 0 Å². The maximum absolute atomic E-state index is 6.41. The monoisotopic (exact) mass is 349 g/mol. The molecule has 2 aromatic rings. The van der Waals surface area contributed by atoms with Crippen molar-refractivity contribution in [1.29, 1.82) is 0 Å². The van der Waals surface area contributed by atoms with Gasteiger partial charge in [-0.15, -0.1) is 0 Å². The number of nitrogens with two attached hydrogens (primary N) is 1. The van der Waals surface area contributed by atoms with E-state index in [0.717, 1.165) is 33.5 Å². The molecule has 0 fully saturated rings. The minimum atomic E-state index is -0.236. The quantitative estimate of drug-likeness (QED) is 0.845. The molecule has 0 saturated heterocycles. The first-order valence-electron chi connectivity index (χ1n) is 6.98. The molecule has 4 heteroatoms. The standard InChI is InChI=1S/C17H20BrNO2/c1-3-10-21-15-7-5-4-6-13(15)17(19)12-8-9-16(20-2)14(18)11-12/h4-9,11,17H,3,10,19H2,1-2H3. The largest absolute Gasteiger partial charge is 0.496 e. The first kappa shape index (κ1) is 15.9. The predicted octanol–water partition coefficient (Wildman–Crippen LogP) is 4.29. The molecule has 112 valence electrons. The van der Waals surface area contributed by atoms with Crippen molar-refractivity contribution in [2.45, 2.75) is 19.4 Å². The van der Waals surface area contributed by atoms with Crippen LogP contribution in [0.1, 0.15) is 30.5 Å². The topological polar surface area (TPSA) is 44.5 Å². The number of methoxy groups -OCH3 is 1. The number of benzene rings is 2. The van der Waals surface area contributed by atoms with Crippen LogP contribution in [0.4, 0.5) is 0 Å². The summed E-state index contributed by atoms with van der Waals surface area (Å²) in [4.78, 5) is 0. The van der Waals surface area contributed by atoms with Gasteiger partial charge in [-0.2, -0.15) is 0 Å². The lowest BCUT2D eigenvalue weighted by atomic mass is 9.98. The Bertz CT molecular complexity index is 601. The van der Waals surface area contributed by atoms with E-state index in [2.05, 4.69) is 22.9 Å². The Labute approximate surface area is 134 Å². The van der Waals surface area contributed by atoms with E-state index >= 15 is 0 Å². The number of hydrogen-bond acceptors (Lipinski definition) is 3. The lowest BCUT2D eigenvalue weighted by Crippen LogP contribution is -2.13. The fourth-order valence-corrected chi connectivity index (χ4v) is 2.69. The number of halogens is 1. The summed E-state index contributed by atoms with van der Waals surface area (Å²) in [5.41, 5.74) is 8.41. The summed E-state index contributed by atoms with van der Waals surface area (Å²) in [6.07, 6.45) is 0.970. The highest BCUT2D eigenvalue weighted by molar-refractivity contribution is 9.10. The Morgan fingerprint density at radius 3 is 2.57 bits per heavy atom. The third-order valence-electron chi connectivity index (χ3n) is 3.25. The second-order valence-corrected chi connectivity index (χ2v) is 5.61. The fourth-order valence-electron chi connectivity index (χ4n) is 2.14. The summed E-state index contributed by atoms with van der Waals surface area (Å²) in [6, 6.07) is 13.6. The van der Waals surface area contributed by atoms with E-state index in [-0.39, 0.29) is 6.04 Å². The molecule has 0 bridgehead atoms. The highest BCUT2D eigenvalue weighted by Gasteiger charge is 2.15. The van der Waals surface area contributed by atoms with Crippen molar-refractivity contribution in [2.75, 3.05) is 13.7 Å². The van der Waals surface area contributed by atoms with Crippen LogP contribution in [0.3, 0.4) is 0 Å². The number of rotatable bonds is 6. The van der Waals surface area contributed by atoms with Gasteiger partial charge in [0.25, 0.3) is 0 Å². The number of ether oxygens (including phenoxy) is 2. The molecule has 0 saturated carbocycles. The van der Waals surface area contributed by atoms with Gasteiger partial charge < -0.3 is 15.2 Å². The first-order valence-corrected chi connectivity index (χ1v) is 7.77. The second kappa shape index (κ2) is 7.48. The normalized spacial score (nSPS) is 12.0. The van der Waals surface area contributed by atoms with Gasteiger partial charge in [0.2, 0.25) is 0 Å². The van der Waals surface area contributed by atoms with Crippen LogP contribution in [0, 0.1) is 0 Å². The molecule has 0 aromatic heterocycles. The average Bonchev–Trinajstić information content (AvgIpc) is 2.52. The van der Waals surface area contributed by atoms with Crippen LogP contribution in [0.15, 0.2) is 46.9 Å². The molecule has 0 amide bonds. The molecule has 2 aromatic carbocycles. The Morgan fingerprint density at radius 1 is 1.14 bits per heavy atom. The molecular weight excluding hydrogens is 330 g/mol. The lowest BCUT2D eigenvalue weighted by molar-refractivity contribution is 0.313. The van der Waals surface area contributed by atoms with Crippen molar-refractivity contribution in [3.8, 4) is 11.5 Å². The zero-order chi connectivity index (χ0) is 15.2. The van der Waals surface area contributed by atoms with Crippen molar-refractivity contribution in [1.82, 2.24) is 0 Å². The smallest absolute Gasteiger partial charge is 0.133 e. The van der Waals surface area contributed by atoms with E-state index in [0.29, 0.717) is 6.61 Å². The summed E-state index contributed by atoms with van der Waals surface area (Å²) in [7, 11) is 1.65. The van der Waals surface area contributed by atoms with Crippen molar-refractivity contribution < 1.29 is 9.47 Å². The van der Waals surface area contributed by atoms with Gasteiger partial charge in [-0.3, -0.25) is 0 Å². The second-order valence-electron chi connectivity index (χ2n) is 4.76. The Kier molecular flexibility index (Phi) is 5.65. The van der Waals surface area contributed by atoms with E-state index in [1.54, 1.807) is 7.11 Å². The fraction of sp³-hybridized carbons (Fsp3) is 0.294. The third-order valence-corrected chi connectivity index (χ3v) is 3.87. The van der Waals surface area contributed by atoms with Gasteiger partial charge in [0, 0.05) is 5.56 Å². The van der Waals surface area contributed by atoms with Gasteiger partial charge in [0.05, 0.1) is 24.2 Å².